The smallest absolute Gasteiger partial charge is 0.165 e. The van der Waals surface area contributed by atoms with E-state index in [0.717, 1.165) is 36.2 Å². The van der Waals surface area contributed by atoms with Crippen LogP contribution in [0.25, 0.3) is 0 Å². The lowest BCUT2D eigenvalue weighted by Gasteiger charge is -2.34. The molecular formula is C23H25FN2O. The number of para-hydroxylation sites is 1. The van der Waals surface area contributed by atoms with Gasteiger partial charge in [-0.3, -0.25) is 0 Å². The summed E-state index contributed by atoms with van der Waals surface area (Å²) < 4.78 is 13.9. The SMILES string of the molecule is C=C1C(CCC)=C(C)N=C(c2cccc(F)c2O)N1CCc1ccccc1. The Morgan fingerprint density at radius 1 is 1.07 bits per heavy atom. The van der Waals surface area contributed by atoms with Gasteiger partial charge in [0.05, 0.1) is 5.56 Å². The Kier molecular flexibility index (Phi) is 5.75. The first-order valence-electron chi connectivity index (χ1n) is 9.30. The van der Waals surface area contributed by atoms with Crippen molar-refractivity contribution in [3.63, 3.8) is 0 Å². The summed E-state index contributed by atoms with van der Waals surface area (Å²) >= 11 is 0. The van der Waals surface area contributed by atoms with Crippen molar-refractivity contribution in [1.82, 2.24) is 4.90 Å². The number of nitrogens with zero attached hydrogens (tertiary/aromatic N) is 2. The molecule has 1 aliphatic rings. The fraction of sp³-hybridized carbons (Fsp3) is 0.261. The Labute approximate surface area is 160 Å². The third-order valence-corrected chi connectivity index (χ3v) is 4.83. The Hall–Kier alpha value is -2.88. The highest BCUT2D eigenvalue weighted by Gasteiger charge is 2.27. The second kappa shape index (κ2) is 8.21. The Bertz CT molecular complexity index is 900. The second-order valence-electron chi connectivity index (χ2n) is 6.72. The van der Waals surface area contributed by atoms with Crippen LogP contribution in [-0.2, 0) is 6.42 Å². The number of hydrogen-bond acceptors (Lipinski definition) is 3. The molecule has 0 atom stereocenters. The monoisotopic (exact) mass is 364 g/mol. The Morgan fingerprint density at radius 3 is 2.52 bits per heavy atom. The standard InChI is InChI=1S/C23H25FN2O/c1-4-9-19-16(2)25-23(20-12-8-13-21(24)22(20)27)26(17(19)3)15-14-18-10-6-5-7-11-18/h5-8,10-13,27H,3-4,9,14-15H2,1-2H3. The highest BCUT2D eigenvalue weighted by Crippen LogP contribution is 2.33. The molecule has 1 N–H and O–H groups in total. The molecule has 140 valence electrons. The summed E-state index contributed by atoms with van der Waals surface area (Å²) in [5.41, 5.74) is 4.45. The minimum atomic E-state index is -0.648. The van der Waals surface area contributed by atoms with E-state index in [1.807, 2.05) is 30.0 Å². The maximum atomic E-state index is 13.9. The minimum Gasteiger partial charge on any atom is -0.504 e. The van der Waals surface area contributed by atoms with Gasteiger partial charge >= 0.3 is 0 Å². The normalized spacial score (nSPS) is 14.6. The van der Waals surface area contributed by atoms with Crippen LogP contribution in [0.5, 0.6) is 5.75 Å². The molecule has 0 radical (unpaired) electrons. The number of phenols is 1. The first-order chi connectivity index (χ1) is 13.0. The molecule has 0 saturated carbocycles. The van der Waals surface area contributed by atoms with Crippen LogP contribution in [0.4, 0.5) is 4.39 Å². The van der Waals surface area contributed by atoms with Gasteiger partial charge in [0.1, 0.15) is 5.84 Å². The molecule has 0 unspecified atom stereocenters. The van der Waals surface area contributed by atoms with Crippen molar-refractivity contribution in [3.05, 3.63) is 89.0 Å². The van der Waals surface area contributed by atoms with Crippen molar-refractivity contribution < 1.29 is 9.50 Å². The number of amidine groups is 1. The van der Waals surface area contributed by atoms with Crippen molar-refractivity contribution in [1.29, 1.82) is 0 Å². The summed E-state index contributed by atoms with van der Waals surface area (Å²) in [4.78, 5) is 6.73. The van der Waals surface area contributed by atoms with E-state index in [0.29, 0.717) is 17.9 Å². The van der Waals surface area contributed by atoms with Crippen molar-refractivity contribution in [2.45, 2.75) is 33.1 Å². The van der Waals surface area contributed by atoms with Gasteiger partial charge in [-0.1, -0.05) is 56.3 Å². The van der Waals surface area contributed by atoms with E-state index in [2.05, 4.69) is 25.6 Å². The lowest BCUT2D eigenvalue weighted by molar-refractivity contribution is 0.428. The summed E-state index contributed by atoms with van der Waals surface area (Å²) in [6.07, 6.45) is 2.68. The van der Waals surface area contributed by atoms with Crippen LogP contribution in [-0.4, -0.2) is 22.4 Å². The first kappa shape index (κ1) is 18.9. The van der Waals surface area contributed by atoms with Gasteiger partial charge in [0.15, 0.2) is 11.6 Å². The molecule has 0 fully saturated rings. The zero-order valence-electron chi connectivity index (χ0n) is 15.9. The van der Waals surface area contributed by atoms with Gasteiger partial charge in [-0.15, -0.1) is 0 Å². The molecule has 0 saturated heterocycles. The van der Waals surface area contributed by atoms with Crippen molar-refractivity contribution in [3.8, 4) is 5.75 Å². The van der Waals surface area contributed by atoms with Crippen LogP contribution >= 0.6 is 0 Å². The molecule has 1 aliphatic heterocycles. The maximum Gasteiger partial charge on any atom is 0.165 e. The molecule has 3 rings (SSSR count). The highest BCUT2D eigenvalue weighted by atomic mass is 19.1. The van der Waals surface area contributed by atoms with Crippen LogP contribution in [0.3, 0.4) is 0 Å². The Morgan fingerprint density at radius 2 is 1.81 bits per heavy atom. The quantitative estimate of drug-likeness (QED) is 0.742. The van der Waals surface area contributed by atoms with Gasteiger partial charge in [0.2, 0.25) is 0 Å². The van der Waals surface area contributed by atoms with Crippen LogP contribution in [0.15, 0.2) is 77.1 Å². The van der Waals surface area contributed by atoms with Gasteiger partial charge in [0, 0.05) is 17.9 Å². The molecule has 0 aliphatic carbocycles. The molecule has 4 heteroatoms. The first-order valence-corrected chi connectivity index (χ1v) is 9.30. The van der Waals surface area contributed by atoms with E-state index in [4.69, 9.17) is 4.99 Å². The third-order valence-electron chi connectivity index (χ3n) is 4.83. The highest BCUT2D eigenvalue weighted by molar-refractivity contribution is 6.03. The van der Waals surface area contributed by atoms with Crippen molar-refractivity contribution in [2.24, 2.45) is 4.99 Å². The summed E-state index contributed by atoms with van der Waals surface area (Å²) in [7, 11) is 0. The van der Waals surface area contributed by atoms with E-state index in [1.165, 1.54) is 11.6 Å². The van der Waals surface area contributed by atoms with E-state index in [-0.39, 0.29) is 5.75 Å². The average molecular weight is 364 g/mol. The van der Waals surface area contributed by atoms with Crippen molar-refractivity contribution in [2.75, 3.05) is 6.54 Å². The van der Waals surface area contributed by atoms with E-state index < -0.39 is 5.82 Å². The summed E-state index contributed by atoms with van der Waals surface area (Å²) in [6.45, 7) is 9.02. The number of benzene rings is 2. The molecule has 0 aromatic heterocycles. The number of hydrogen-bond donors (Lipinski definition) is 1. The van der Waals surface area contributed by atoms with Gasteiger partial charge in [-0.2, -0.15) is 0 Å². The summed E-state index contributed by atoms with van der Waals surface area (Å²) in [6, 6.07) is 14.7. The zero-order chi connectivity index (χ0) is 19.4. The predicted molar refractivity (Wildman–Crippen MR) is 108 cm³/mol. The molecule has 0 amide bonds. The number of phenolic OH excluding ortho intramolecular Hbond substituents is 1. The molecule has 2 aromatic carbocycles. The zero-order valence-corrected chi connectivity index (χ0v) is 15.9. The Balaban J connectivity index is 2.00. The lowest BCUT2D eigenvalue weighted by Crippen LogP contribution is -2.36. The lowest BCUT2D eigenvalue weighted by atomic mass is 10.00. The number of aromatic hydroxyl groups is 1. The fourth-order valence-corrected chi connectivity index (χ4v) is 3.39. The van der Waals surface area contributed by atoms with E-state index >= 15 is 0 Å². The van der Waals surface area contributed by atoms with Crippen LogP contribution < -0.4 is 0 Å². The number of aliphatic imine (C=N–C) groups is 1. The molecule has 27 heavy (non-hydrogen) atoms. The van der Waals surface area contributed by atoms with Crippen LogP contribution in [0, 0.1) is 5.82 Å². The number of halogens is 1. The molecular weight excluding hydrogens is 339 g/mol. The van der Waals surface area contributed by atoms with E-state index in [1.54, 1.807) is 12.1 Å². The summed E-state index contributed by atoms with van der Waals surface area (Å²) in [5, 5.41) is 10.3. The second-order valence-corrected chi connectivity index (χ2v) is 6.72. The molecule has 0 spiro atoms. The summed E-state index contributed by atoms with van der Waals surface area (Å²) in [5.74, 6) is -0.476. The van der Waals surface area contributed by atoms with Gasteiger partial charge in [0.25, 0.3) is 0 Å². The predicted octanol–water partition coefficient (Wildman–Crippen LogP) is 5.42. The number of rotatable bonds is 6. The van der Waals surface area contributed by atoms with Gasteiger partial charge in [-0.25, -0.2) is 9.38 Å². The molecule has 3 nitrogen and oxygen atoms in total. The third kappa shape index (κ3) is 3.95. The van der Waals surface area contributed by atoms with Gasteiger partial charge < -0.3 is 10.0 Å². The van der Waals surface area contributed by atoms with E-state index in [9.17, 15) is 9.50 Å². The van der Waals surface area contributed by atoms with Crippen molar-refractivity contribution >= 4 is 5.84 Å². The fourth-order valence-electron chi connectivity index (χ4n) is 3.39. The average Bonchev–Trinajstić information content (AvgIpc) is 2.67. The molecule has 0 bridgehead atoms. The molecule has 2 aromatic rings. The maximum absolute atomic E-state index is 13.9. The number of allylic oxidation sites excluding steroid dienone is 2. The minimum absolute atomic E-state index is 0.375. The van der Waals surface area contributed by atoms with Gasteiger partial charge in [-0.05, 0) is 43.0 Å². The molecule has 1 heterocycles. The van der Waals surface area contributed by atoms with Crippen LogP contribution in [0.2, 0.25) is 0 Å². The topological polar surface area (TPSA) is 35.8 Å². The van der Waals surface area contributed by atoms with Crippen LogP contribution in [0.1, 0.15) is 37.8 Å². The largest absolute Gasteiger partial charge is 0.504 e.